The van der Waals surface area contributed by atoms with E-state index in [1.54, 1.807) is 0 Å². The van der Waals surface area contributed by atoms with E-state index in [0.29, 0.717) is 16.8 Å². The first kappa shape index (κ1) is 41.9. The zero-order chi connectivity index (χ0) is 42.1. The SMILES string of the molecule is CC(C)(O/N=C(\C(=O)C[C@@H]1C(=O)N2C[C@@](C(=O)O)(N3CCN(NC(=O)CCNC(=O)/C(=N\O)c4ccc(O)c(O)c4Cl)C(=O)C3=O)S[C@H]12)c1csc(N)n1)C(=O)O. The van der Waals surface area contributed by atoms with Gasteiger partial charge < -0.3 is 51.3 Å². The van der Waals surface area contributed by atoms with Crippen molar-refractivity contribution >= 4 is 98.5 Å². The number of β-lactam (4-membered cyclic amide) rings is 1. The Labute approximate surface area is 333 Å². The third kappa shape index (κ3) is 8.06. The van der Waals surface area contributed by atoms with Gasteiger partial charge in [0.05, 0.1) is 29.4 Å². The number of aliphatic carboxylic acids is 2. The zero-order valence-electron chi connectivity index (χ0n) is 29.5. The van der Waals surface area contributed by atoms with Crippen LogP contribution in [0.4, 0.5) is 5.13 Å². The number of oxime groups is 2. The summed E-state index contributed by atoms with van der Waals surface area (Å²) in [6.07, 6.45) is -1.01. The number of aromatic nitrogens is 1. The summed E-state index contributed by atoms with van der Waals surface area (Å²) in [6, 6.07) is 2.09. The molecule has 0 spiro atoms. The van der Waals surface area contributed by atoms with E-state index in [1.807, 2.05) is 0 Å². The number of aromatic hydroxyl groups is 2. The average Bonchev–Trinajstić information content (AvgIpc) is 3.75. The molecule has 57 heavy (non-hydrogen) atoms. The number of nitrogens with zero attached hydrogens (tertiary/aromatic N) is 6. The molecule has 5 rings (SSSR count). The summed E-state index contributed by atoms with van der Waals surface area (Å²) >= 11 is 7.54. The number of hydrogen-bond donors (Lipinski definition) is 8. The number of nitrogen functional groups attached to an aromatic ring is 1. The Morgan fingerprint density at radius 2 is 1.81 bits per heavy atom. The lowest BCUT2D eigenvalue weighted by Gasteiger charge is -2.41. The summed E-state index contributed by atoms with van der Waals surface area (Å²) in [5, 5.41) is 57.9. The maximum Gasteiger partial charge on any atom is 0.350 e. The molecule has 3 aliphatic heterocycles. The van der Waals surface area contributed by atoms with Crippen molar-refractivity contribution in [2.24, 2.45) is 16.2 Å². The van der Waals surface area contributed by atoms with Gasteiger partial charge in [-0.15, -0.1) is 11.3 Å². The molecule has 3 saturated heterocycles. The number of halogens is 1. The molecule has 1 aromatic heterocycles. The lowest BCUT2D eigenvalue weighted by atomic mass is 9.90. The van der Waals surface area contributed by atoms with Crippen molar-refractivity contribution in [2.45, 2.75) is 42.5 Å². The third-order valence-electron chi connectivity index (χ3n) is 8.82. The van der Waals surface area contributed by atoms with E-state index in [0.717, 1.165) is 33.3 Å². The number of benzene rings is 1. The van der Waals surface area contributed by atoms with Gasteiger partial charge in [-0.3, -0.25) is 34.2 Å². The van der Waals surface area contributed by atoms with E-state index in [1.165, 1.54) is 19.2 Å². The average molecular weight is 854 g/mol. The van der Waals surface area contributed by atoms with E-state index in [9.17, 15) is 64.0 Å². The maximum absolute atomic E-state index is 13.5. The number of rotatable bonds is 15. The first-order valence-electron chi connectivity index (χ1n) is 16.3. The van der Waals surface area contributed by atoms with Crippen molar-refractivity contribution < 1.29 is 68.8 Å². The molecule has 0 radical (unpaired) electrons. The summed E-state index contributed by atoms with van der Waals surface area (Å²) in [5.74, 6) is -11.4. The van der Waals surface area contributed by atoms with E-state index in [-0.39, 0.29) is 29.5 Å². The molecule has 9 N–H and O–H groups in total. The molecule has 4 heterocycles. The fourth-order valence-electron chi connectivity index (χ4n) is 5.70. The predicted octanol–water partition coefficient (Wildman–Crippen LogP) is -1.27. The van der Waals surface area contributed by atoms with Gasteiger partial charge in [0, 0.05) is 36.9 Å². The maximum atomic E-state index is 13.5. The molecule has 1 aromatic carbocycles. The van der Waals surface area contributed by atoms with E-state index < -0.39 is 123 Å². The quantitative estimate of drug-likeness (QED) is 0.0259. The van der Waals surface area contributed by atoms with Crippen molar-refractivity contribution in [3.8, 4) is 11.5 Å². The van der Waals surface area contributed by atoms with Crippen LogP contribution in [0.3, 0.4) is 0 Å². The van der Waals surface area contributed by atoms with Crippen molar-refractivity contribution in [1.29, 1.82) is 0 Å². The fraction of sp³-hybridized carbons (Fsp3) is 0.387. The highest BCUT2D eigenvalue weighted by molar-refractivity contribution is 8.02. The number of piperazine rings is 1. The van der Waals surface area contributed by atoms with Crippen LogP contribution in [0.15, 0.2) is 27.8 Å². The summed E-state index contributed by atoms with van der Waals surface area (Å²) in [7, 11) is 0. The van der Waals surface area contributed by atoms with Gasteiger partial charge in [-0.05, 0) is 26.0 Å². The number of carbonyl (C=O) groups excluding carboxylic acids is 6. The Balaban J connectivity index is 1.20. The Morgan fingerprint density at radius 3 is 2.42 bits per heavy atom. The van der Waals surface area contributed by atoms with Crippen molar-refractivity contribution in [3.63, 3.8) is 0 Å². The number of phenolic OH excluding ortho intramolecular Hbond substituents is 2. The Kier molecular flexibility index (Phi) is 11.8. The van der Waals surface area contributed by atoms with Gasteiger partial charge in [-0.25, -0.2) is 19.6 Å². The van der Waals surface area contributed by atoms with Crippen LogP contribution < -0.4 is 16.5 Å². The molecule has 3 fully saturated rings. The summed E-state index contributed by atoms with van der Waals surface area (Å²) < 4.78 is 0. The second-order valence-corrected chi connectivity index (χ2v) is 15.6. The van der Waals surface area contributed by atoms with E-state index in [2.05, 4.69) is 26.0 Å². The number of phenols is 2. The number of hydrogen-bond acceptors (Lipinski definition) is 18. The summed E-state index contributed by atoms with van der Waals surface area (Å²) in [4.78, 5) is 112. The number of Topliss-reactive ketones (excluding diaryl/α,β-unsaturated/α-hetero) is 1. The predicted molar refractivity (Wildman–Crippen MR) is 195 cm³/mol. The molecule has 0 unspecified atom stereocenters. The van der Waals surface area contributed by atoms with Gasteiger partial charge >= 0.3 is 23.8 Å². The van der Waals surface area contributed by atoms with Crippen LogP contribution in [-0.4, -0.2) is 146 Å². The topological polar surface area (TPSA) is 344 Å². The Hall–Kier alpha value is -6.21. The van der Waals surface area contributed by atoms with Gasteiger partial charge in [0.15, 0.2) is 33.8 Å². The van der Waals surface area contributed by atoms with Crippen molar-refractivity contribution in [1.82, 2.24) is 30.5 Å². The highest BCUT2D eigenvalue weighted by Gasteiger charge is 2.66. The van der Waals surface area contributed by atoms with Gasteiger partial charge in [0.2, 0.25) is 22.3 Å². The lowest BCUT2D eigenvalue weighted by molar-refractivity contribution is -0.168. The van der Waals surface area contributed by atoms with Gasteiger partial charge in [-0.2, -0.15) is 0 Å². The number of carboxylic acid groups (broad SMARTS) is 2. The van der Waals surface area contributed by atoms with Crippen molar-refractivity contribution in [3.05, 3.63) is 33.8 Å². The number of carboxylic acids is 2. The normalized spacial score (nSPS) is 21.2. The number of anilines is 1. The molecule has 304 valence electrons. The first-order chi connectivity index (χ1) is 26.7. The standard InChI is InChI=1S/C31H32ClN9O14S2/c1-30(2,27(50)51)55-38-20(14-10-56-29(33)35-14)16(43)9-13-23(47)39-11-31(28(52)53,57-26(13)39)40-7-8-41(25(49)24(40)48)36-17(44)5-6-34-22(46)19(37-54)12-3-4-15(42)21(45)18(12)32/h3-4,10,13,26,42,45,54H,5-9,11H2,1-2H3,(H2,33,35)(H,34,46)(H,36,44)(H,50,51)(H,52,53)/b37-19-,38-20-/t13-,26-,31-/m1/s1. The van der Waals surface area contributed by atoms with Crippen LogP contribution in [0.25, 0.3) is 0 Å². The molecular formula is C31H32ClN9O14S2. The number of hydrazine groups is 1. The van der Waals surface area contributed by atoms with E-state index in [4.69, 9.17) is 22.2 Å². The number of fused-ring (bicyclic) bond motifs is 1. The number of thioether (sulfide) groups is 1. The van der Waals surface area contributed by atoms with Gasteiger partial charge in [0.25, 0.3) is 5.91 Å². The number of nitrogens with one attached hydrogen (secondary N) is 2. The molecule has 0 aliphatic carbocycles. The number of thiazole rings is 1. The number of carbonyl (C=O) groups is 8. The molecule has 26 heteroatoms. The fourth-order valence-corrected chi connectivity index (χ4v) is 8.20. The Bertz CT molecular complexity index is 2150. The molecular weight excluding hydrogens is 822 g/mol. The minimum absolute atomic E-state index is 0.0479. The summed E-state index contributed by atoms with van der Waals surface area (Å²) in [5.41, 5.74) is 4.65. The summed E-state index contributed by atoms with van der Waals surface area (Å²) in [6.45, 7) is 0.650. The smallest absolute Gasteiger partial charge is 0.350 e. The zero-order valence-corrected chi connectivity index (χ0v) is 31.9. The molecule has 0 saturated carbocycles. The molecule has 5 amide bonds. The number of ketones is 1. The minimum atomic E-state index is -2.16. The second kappa shape index (κ2) is 16.1. The highest BCUT2D eigenvalue weighted by atomic mass is 35.5. The highest BCUT2D eigenvalue weighted by Crippen LogP contribution is 2.52. The third-order valence-corrected chi connectivity index (χ3v) is 11.6. The number of amides is 5. The molecule has 23 nitrogen and oxygen atoms in total. The minimum Gasteiger partial charge on any atom is -0.504 e. The van der Waals surface area contributed by atoms with Crippen LogP contribution >= 0.6 is 34.7 Å². The van der Waals surface area contributed by atoms with Gasteiger partial charge in [0.1, 0.15) is 5.69 Å². The lowest BCUT2D eigenvalue weighted by Crippen LogP contribution is -2.67. The number of nitrogens with two attached hydrogens (primary N) is 1. The van der Waals surface area contributed by atoms with Crippen LogP contribution in [0, 0.1) is 5.92 Å². The van der Waals surface area contributed by atoms with Crippen LogP contribution in [-0.2, 0) is 43.2 Å². The molecule has 3 atom stereocenters. The molecule has 2 aromatic rings. The van der Waals surface area contributed by atoms with E-state index >= 15 is 0 Å². The monoisotopic (exact) mass is 853 g/mol. The molecule has 3 aliphatic rings. The Morgan fingerprint density at radius 1 is 1.11 bits per heavy atom. The van der Waals surface area contributed by atoms with Crippen LogP contribution in [0.1, 0.15) is 37.9 Å². The van der Waals surface area contributed by atoms with Crippen LogP contribution in [0.2, 0.25) is 5.02 Å². The second-order valence-electron chi connectivity index (χ2n) is 12.9. The molecule has 0 bridgehead atoms. The first-order valence-corrected chi connectivity index (χ1v) is 18.5. The largest absolute Gasteiger partial charge is 0.504 e. The van der Waals surface area contributed by atoms with Gasteiger partial charge in [-0.1, -0.05) is 33.7 Å². The van der Waals surface area contributed by atoms with Crippen LogP contribution in [0.5, 0.6) is 11.5 Å². The van der Waals surface area contributed by atoms with Crippen molar-refractivity contribution in [2.75, 3.05) is 31.9 Å².